The summed E-state index contributed by atoms with van der Waals surface area (Å²) in [6.07, 6.45) is 0.706. The van der Waals surface area contributed by atoms with Crippen molar-refractivity contribution in [2.45, 2.75) is 13.0 Å². The summed E-state index contributed by atoms with van der Waals surface area (Å²) < 4.78 is 24.4. The molecule has 1 N–H and O–H groups in total. The SMILES string of the molecule is CNCc1cc(Br)ccc1N1CCCS(=O)(=O)CC1. The van der Waals surface area contributed by atoms with Crippen LogP contribution >= 0.6 is 15.9 Å². The van der Waals surface area contributed by atoms with Crippen LogP contribution in [0, 0.1) is 0 Å². The topological polar surface area (TPSA) is 49.4 Å². The Hall–Kier alpha value is -0.590. The van der Waals surface area contributed by atoms with E-state index in [9.17, 15) is 8.42 Å². The van der Waals surface area contributed by atoms with Gasteiger partial charge in [-0.05, 0) is 37.2 Å². The fourth-order valence-corrected chi connectivity index (χ4v) is 4.05. The quantitative estimate of drug-likeness (QED) is 0.906. The lowest BCUT2D eigenvalue weighted by molar-refractivity contribution is 0.597. The third-order valence-corrected chi connectivity index (χ3v) is 5.51. The van der Waals surface area contributed by atoms with Crippen LogP contribution in [-0.4, -0.2) is 40.1 Å². The maximum Gasteiger partial charge on any atom is 0.152 e. The molecule has 0 aromatic heterocycles. The molecule has 0 atom stereocenters. The van der Waals surface area contributed by atoms with Crippen LogP contribution in [0.25, 0.3) is 0 Å². The molecule has 0 unspecified atom stereocenters. The Labute approximate surface area is 123 Å². The van der Waals surface area contributed by atoms with E-state index >= 15 is 0 Å². The second-order valence-corrected chi connectivity index (χ2v) is 8.02. The van der Waals surface area contributed by atoms with Gasteiger partial charge in [-0.1, -0.05) is 15.9 Å². The molecule has 1 aliphatic rings. The summed E-state index contributed by atoms with van der Waals surface area (Å²) in [5.74, 6) is 0.559. The van der Waals surface area contributed by atoms with E-state index in [0.717, 1.165) is 23.2 Å². The number of sulfone groups is 1. The summed E-state index contributed by atoms with van der Waals surface area (Å²) in [7, 11) is -0.946. The lowest BCUT2D eigenvalue weighted by Gasteiger charge is -2.25. The zero-order valence-electron chi connectivity index (χ0n) is 11.0. The second kappa shape index (κ2) is 6.24. The summed E-state index contributed by atoms with van der Waals surface area (Å²) in [4.78, 5) is 2.18. The molecule has 0 amide bonds. The number of nitrogens with zero attached hydrogens (tertiary/aromatic N) is 1. The van der Waals surface area contributed by atoms with Gasteiger partial charge < -0.3 is 10.2 Å². The van der Waals surface area contributed by atoms with Crippen molar-refractivity contribution in [3.05, 3.63) is 28.2 Å². The van der Waals surface area contributed by atoms with Crippen LogP contribution in [0.15, 0.2) is 22.7 Å². The minimum atomic E-state index is -2.86. The average molecular weight is 347 g/mol. The fourth-order valence-electron chi connectivity index (χ4n) is 2.37. The van der Waals surface area contributed by atoms with Crippen LogP contribution in [0.2, 0.25) is 0 Å². The van der Waals surface area contributed by atoms with Gasteiger partial charge in [-0.25, -0.2) is 8.42 Å². The van der Waals surface area contributed by atoms with Crippen molar-refractivity contribution in [2.75, 3.05) is 36.5 Å². The molecule has 0 bridgehead atoms. The van der Waals surface area contributed by atoms with E-state index < -0.39 is 9.84 Å². The minimum absolute atomic E-state index is 0.252. The molecule has 0 spiro atoms. The summed E-state index contributed by atoms with van der Waals surface area (Å²) in [6.45, 7) is 2.16. The van der Waals surface area contributed by atoms with Gasteiger partial charge in [0.2, 0.25) is 0 Å². The minimum Gasteiger partial charge on any atom is -0.370 e. The molecule has 0 radical (unpaired) electrons. The van der Waals surface area contributed by atoms with Gasteiger partial charge in [0.15, 0.2) is 9.84 Å². The van der Waals surface area contributed by atoms with E-state index in [1.807, 2.05) is 13.1 Å². The van der Waals surface area contributed by atoms with Crippen molar-refractivity contribution in [1.82, 2.24) is 5.32 Å². The van der Waals surface area contributed by atoms with Crippen molar-refractivity contribution in [3.63, 3.8) is 0 Å². The van der Waals surface area contributed by atoms with Crippen LogP contribution in [-0.2, 0) is 16.4 Å². The van der Waals surface area contributed by atoms with E-state index in [4.69, 9.17) is 0 Å². The first-order chi connectivity index (χ1) is 9.02. The molecule has 1 aromatic carbocycles. The Morgan fingerprint density at radius 2 is 2.11 bits per heavy atom. The smallest absolute Gasteiger partial charge is 0.152 e. The normalized spacial score (nSPS) is 19.2. The van der Waals surface area contributed by atoms with Crippen molar-refractivity contribution in [2.24, 2.45) is 0 Å². The number of nitrogens with one attached hydrogen (secondary N) is 1. The monoisotopic (exact) mass is 346 g/mol. The highest BCUT2D eigenvalue weighted by atomic mass is 79.9. The number of rotatable bonds is 3. The lowest BCUT2D eigenvalue weighted by Crippen LogP contribution is -2.28. The Morgan fingerprint density at radius 3 is 2.84 bits per heavy atom. The third kappa shape index (κ3) is 3.94. The van der Waals surface area contributed by atoms with Gasteiger partial charge in [-0.2, -0.15) is 0 Å². The molecule has 6 heteroatoms. The van der Waals surface area contributed by atoms with Gasteiger partial charge in [-0.3, -0.25) is 0 Å². The summed E-state index contributed by atoms with van der Waals surface area (Å²) in [5, 5.41) is 3.16. The first-order valence-electron chi connectivity index (χ1n) is 6.40. The molecule has 106 valence electrons. The zero-order chi connectivity index (χ0) is 13.9. The van der Waals surface area contributed by atoms with Crippen LogP contribution in [0.1, 0.15) is 12.0 Å². The predicted molar refractivity (Wildman–Crippen MR) is 82.4 cm³/mol. The van der Waals surface area contributed by atoms with Crippen LogP contribution in [0.4, 0.5) is 5.69 Å². The van der Waals surface area contributed by atoms with E-state index in [1.54, 1.807) is 0 Å². The Kier molecular flexibility index (Phi) is 4.86. The molecule has 1 fully saturated rings. The molecule has 2 rings (SSSR count). The maximum atomic E-state index is 11.7. The number of benzene rings is 1. The third-order valence-electron chi connectivity index (χ3n) is 3.31. The van der Waals surface area contributed by atoms with Gasteiger partial charge in [-0.15, -0.1) is 0 Å². The standard InChI is InChI=1S/C13H19BrN2O2S/c1-15-10-11-9-12(14)3-4-13(11)16-5-2-7-19(17,18)8-6-16/h3-4,9,15H,2,5-8,10H2,1H3. The molecule has 0 aliphatic carbocycles. The van der Waals surface area contributed by atoms with Crippen molar-refractivity contribution < 1.29 is 8.42 Å². The van der Waals surface area contributed by atoms with Crippen molar-refractivity contribution in [3.8, 4) is 0 Å². The highest BCUT2D eigenvalue weighted by molar-refractivity contribution is 9.10. The van der Waals surface area contributed by atoms with E-state index in [0.29, 0.717) is 18.7 Å². The fraction of sp³-hybridized carbons (Fsp3) is 0.538. The number of hydrogen-bond donors (Lipinski definition) is 1. The van der Waals surface area contributed by atoms with E-state index in [-0.39, 0.29) is 5.75 Å². The average Bonchev–Trinajstić information content (AvgIpc) is 2.51. The summed E-state index contributed by atoms with van der Waals surface area (Å²) >= 11 is 3.48. The van der Waals surface area contributed by atoms with E-state index in [2.05, 4.69) is 38.3 Å². The van der Waals surface area contributed by atoms with Crippen LogP contribution in [0.3, 0.4) is 0 Å². The predicted octanol–water partition coefficient (Wildman–Crippen LogP) is 1.79. The zero-order valence-corrected chi connectivity index (χ0v) is 13.4. The molecular formula is C13H19BrN2O2S. The van der Waals surface area contributed by atoms with Gasteiger partial charge in [0.05, 0.1) is 11.5 Å². The largest absolute Gasteiger partial charge is 0.370 e. The molecule has 1 aliphatic heterocycles. The molecular weight excluding hydrogens is 328 g/mol. The lowest BCUT2D eigenvalue weighted by atomic mass is 10.1. The molecule has 0 saturated carbocycles. The van der Waals surface area contributed by atoms with Gasteiger partial charge >= 0.3 is 0 Å². The first-order valence-corrected chi connectivity index (χ1v) is 9.02. The maximum absolute atomic E-state index is 11.7. The summed E-state index contributed by atoms with van der Waals surface area (Å²) in [6, 6.07) is 6.16. The highest BCUT2D eigenvalue weighted by Crippen LogP contribution is 2.26. The van der Waals surface area contributed by atoms with Crippen molar-refractivity contribution >= 4 is 31.5 Å². The number of anilines is 1. The number of halogens is 1. The molecule has 19 heavy (non-hydrogen) atoms. The van der Waals surface area contributed by atoms with E-state index in [1.165, 1.54) is 5.56 Å². The highest BCUT2D eigenvalue weighted by Gasteiger charge is 2.20. The van der Waals surface area contributed by atoms with Crippen LogP contribution in [0.5, 0.6) is 0 Å². The van der Waals surface area contributed by atoms with Gasteiger partial charge in [0.1, 0.15) is 0 Å². The Bertz CT molecular complexity index is 546. The Balaban J connectivity index is 2.25. The van der Waals surface area contributed by atoms with Gasteiger partial charge in [0, 0.05) is 29.8 Å². The molecule has 4 nitrogen and oxygen atoms in total. The second-order valence-electron chi connectivity index (χ2n) is 4.80. The molecule has 1 saturated heterocycles. The van der Waals surface area contributed by atoms with Crippen LogP contribution < -0.4 is 10.2 Å². The van der Waals surface area contributed by atoms with Crippen molar-refractivity contribution in [1.29, 1.82) is 0 Å². The molecule has 1 heterocycles. The van der Waals surface area contributed by atoms with Gasteiger partial charge in [0.25, 0.3) is 0 Å². The number of hydrogen-bond acceptors (Lipinski definition) is 4. The molecule has 1 aromatic rings. The summed E-state index contributed by atoms with van der Waals surface area (Å²) in [5.41, 5.74) is 2.32. The first kappa shape index (κ1) is 14.8. The Morgan fingerprint density at radius 1 is 1.32 bits per heavy atom.